The minimum Gasteiger partial charge on any atom is -0.472 e. The zero-order valence-corrected chi connectivity index (χ0v) is 18.5. The molecule has 2 aliphatic heterocycles. The van der Waals surface area contributed by atoms with Crippen molar-refractivity contribution < 1.29 is 18.7 Å². The second-order valence-electron chi connectivity index (χ2n) is 9.49. The van der Waals surface area contributed by atoms with Gasteiger partial charge in [0.05, 0.1) is 11.8 Å². The first-order chi connectivity index (χ1) is 16.2. The molecule has 2 unspecified atom stereocenters. The van der Waals surface area contributed by atoms with Gasteiger partial charge in [0, 0.05) is 23.9 Å². The second-order valence-corrected chi connectivity index (χ2v) is 9.49. The number of nitrogens with zero attached hydrogens (tertiary/aromatic N) is 1. The van der Waals surface area contributed by atoms with Crippen LogP contribution in [0, 0.1) is 5.92 Å². The molecule has 0 spiro atoms. The Hall–Kier alpha value is -3.34. The first-order valence-corrected chi connectivity index (χ1v) is 11.9. The summed E-state index contributed by atoms with van der Waals surface area (Å²) >= 11 is 0. The second kappa shape index (κ2) is 8.22. The van der Waals surface area contributed by atoms with Crippen molar-refractivity contribution in [3.8, 4) is 11.1 Å². The van der Waals surface area contributed by atoms with Crippen molar-refractivity contribution in [3.05, 3.63) is 83.8 Å². The van der Waals surface area contributed by atoms with E-state index in [1.165, 1.54) is 28.5 Å². The highest BCUT2D eigenvalue weighted by Gasteiger charge is 2.44. The molecule has 5 heteroatoms. The van der Waals surface area contributed by atoms with Gasteiger partial charge in [0.25, 0.3) is 0 Å². The molecule has 2 saturated heterocycles. The van der Waals surface area contributed by atoms with Gasteiger partial charge in [-0.2, -0.15) is 0 Å². The maximum atomic E-state index is 13.3. The average Bonchev–Trinajstić information content (AvgIpc) is 3.48. The first kappa shape index (κ1) is 20.3. The van der Waals surface area contributed by atoms with Crippen molar-refractivity contribution in [2.75, 3.05) is 6.61 Å². The van der Waals surface area contributed by atoms with E-state index in [1.54, 1.807) is 12.3 Å². The van der Waals surface area contributed by atoms with E-state index in [0.717, 1.165) is 19.3 Å². The highest BCUT2D eigenvalue weighted by molar-refractivity contribution is 5.97. The molecular formula is C28H27NO4. The van der Waals surface area contributed by atoms with Crippen molar-refractivity contribution in [3.63, 3.8) is 0 Å². The highest BCUT2D eigenvalue weighted by Crippen LogP contribution is 2.45. The normalized spacial score (nSPS) is 23.6. The third-order valence-corrected chi connectivity index (χ3v) is 7.70. The van der Waals surface area contributed by atoms with Crippen LogP contribution in [-0.4, -0.2) is 35.5 Å². The molecule has 1 amide bonds. The van der Waals surface area contributed by atoms with Gasteiger partial charge in [-0.25, -0.2) is 4.79 Å². The summed E-state index contributed by atoms with van der Waals surface area (Å²) in [6, 6.07) is 18.6. The fraction of sp³-hybridized carbons (Fsp3) is 0.357. The Balaban J connectivity index is 1.17. The molecule has 3 aliphatic rings. The van der Waals surface area contributed by atoms with Crippen molar-refractivity contribution in [2.45, 2.75) is 50.1 Å². The maximum absolute atomic E-state index is 13.3. The van der Waals surface area contributed by atoms with Crippen LogP contribution in [0.3, 0.4) is 0 Å². The van der Waals surface area contributed by atoms with Crippen LogP contribution in [-0.2, 0) is 4.74 Å². The fourth-order valence-electron chi connectivity index (χ4n) is 6.20. The van der Waals surface area contributed by atoms with Crippen LogP contribution in [0.5, 0.6) is 0 Å². The number of rotatable bonds is 4. The van der Waals surface area contributed by atoms with Gasteiger partial charge in [0.2, 0.25) is 0 Å². The van der Waals surface area contributed by atoms with E-state index >= 15 is 0 Å². The van der Waals surface area contributed by atoms with Gasteiger partial charge in [-0.3, -0.25) is 4.79 Å². The number of amides is 1. The number of carbonyl (C=O) groups is 2. The third kappa shape index (κ3) is 3.47. The molecule has 0 N–H and O–H groups in total. The van der Waals surface area contributed by atoms with Crippen LogP contribution in [0.15, 0.2) is 71.5 Å². The molecule has 1 aliphatic carbocycles. The summed E-state index contributed by atoms with van der Waals surface area (Å²) in [5.41, 5.74) is 5.52. The quantitative estimate of drug-likeness (QED) is 0.463. The van der Waals surface area contributed by atoms with Crippen LogP contribution in [0.2, 0.25) is 0 Å². The highest BCUT2D eigenvalue weighted by atomic mass is 16.6. The smallest absolute Gasteiger partial charge is 0.410 e. The molecular weight excluding hydrogens is 414 g/mol. The molecule has 2 aromatic carbocycles. The summed E-state index contributed by atoms with van der Waals surface area (Å²) in [6.07, 6.45) is 7.17. The summed E-state index contributed by atoms with van der Waals surface area (Å²) in [7, 11) is 0. The Morgan fingerprint density at radius 3 is 2.15 bits per heavy atom. The summed E-state index contributed by atoms with van der Waals surface area (Å²) in [6.45, 7) is 0.334. The van der Waals surface area contributed by atoms with E-state index in [4.69, 9.17) is 9.15 Å². The molecule has 0 saturated carbocycles. The van der Waals surface area contributed by atoms with Crippen LogP contribution >= 0.6 is 0 Å². The Bertz CT molecular complexity index is 1120. The van der Waals surface area contributed by atoms with Crippen LogP contribution in [0.25, 0.3) is 11.1 Å². The van der Waals surface area contributed by atoms with Gasteiger partial charge < -0.3 is 14.1 Å². The summed E-state index contributed by atoms with van der Waals surface area (Å²) in [4.78, 5) is 28.1. The number of Topliss-reactive ketones (excluding diaryl/α,β-unsaturated/α-hetero) is 1. The van der Waals surface area contributed by atoms with E-state index < -0.39 is 0 Å². The molecule has 0 radical (unpaired) electrons. The van der Waals surface area contributed by atoms with E-state index in [0.29, 0.717) is 25.0 Å². The summed E-state index contributed by atoms with van der Waals surface area (Å²) in [5, 5.41) is 0. The number of piperidine rings is 2. The molecule has 1 aromatic heterocycles. The molecule has 5 nitrogen and oxygen atoms in total. The predicted octanol–water partition coefficient (Wildman–Crippen LogP) is 6.04. The molecule has 33 heavy (non-hydrogen) atoms. The Kier molecular flexibility index (Phi) is 5.05. The van der Waals surface area contributed by atoms with E-state index in [-0.39, 0.29) is 35.8 Å². The van der Waals surface area contributed by atoms with Gasteiger partial charge in [-0.1, -0.05) is 48.5 Å². The molecule has 2 atom stereocenters. The van der Waals surface area contributed by atoms with Gasteiger partial charge in [-0.05, 0) is 60.4 Å². The minimum absolute atomic E-state index is 0.0569. The van der Waals surface area contributed by atoms with E-state index in [1.807, 2.05) is 17.0 Å². The number of ketones is 1. The summed E-state index contributed by atoms with van der Waals surface area (Å²) in [5.74, 6) is 0.129. The SMILES string of the molecule is O=C(c1ccoc1)C1CC2CCCC(C1)N2C(=O)OCC1c2ccccc2-c2ccccc21. The number of hydrogen-bond acceptors (Lipinski definition) is 4. The average molecular weight is 442 g/mol. The lowest BCUT2D eigenvalue weighted by Crippen LogP contribution is -2.55. The van der Waals surface area contributed by atoms with Crippen LogP contribution < -0.4 is 0 Å². The molecule has 2 bridgehead atoms. The number of furan rings is 1. The van der Waals surface area contributed by atoms with Gasteiger partial charge in [-0.15, -0.1) is 0 Å². The fourth-order valence-corrected chi connectivity index (χ4v) is 6.20. The maximum Gasteiger partial charge on any atom is 0.410 e. The van der Waals surface area contributed by atoms with Crippen molar-refractivity contribution in [2.24, 2.45) is 5.92 Å². The van der Waals surface area contributed by atoms with Crippen LogP contribution in [0.1, 0.15) is 59.5 Å². The lowest BCUT2D eigenvalue weighted by atomic mass is 9.76. The topological polar surface area (TPSA) is 59.8 Å². The molecule has 168 valence electrons. The van der Waals surface area contributed by atoms with Crippen molar-refractivity contribution in [1.82, 2.24) is 4.90 Å². The number of hydrogen-bond donors (Lipinski definition) is 0. The van der Waals surface area contributed by atoms with Crippen LogP contribution in [0.4, 0.5) is 4.79 Å². The minimum atomic E-state index is -0.235. The molecule has 3 aromatic rings. The first-order valence-electron chi connectivity index (χ1n) is 11.9. The lowest BCUT2D eigenvalue weighted by molar-refractivity contribution is 0.00649. The Morgan fingerprint density at radius 1 is 0.909 bits per heavy atom. The van der Waals surface area contributed by atoms with Gasteiger partial charge in [0.15, 0.2) is 5.78 Å². The number of benzene rings is 2. The third-order valence-electron chi connectivity index (χ3n) is 7.70. The zero-order chi connectivity index (χ0) is 22.4. The zero-order valence-electron chi connectivity index (χ0n) is 18.5. The largest absolute Gasteiger partial charge is 0.472 e. The molecule has 3 heterocycles. The van der Waals surface area contributed by atoms with E-state index in [2.05, 4.69) is 36.4 Å². The van der Waals surface area contributed by atoms with Gasteiger partial charge >= 0.3 is 6.09 Å². The molecule has 2 fully saturated rings. The number of carbonyl (C=O) groups excluding carboxylic acids is 2. The lowest BCUT2D eigenvalue weighted by Gasteiger charge is -2.47. The monoisotopic (exact) mass is 441 g/mol. The standard InChI is InChI=1S/C28H27NO4/c30-27(18-12-13-32-16-18)19-14-20-6-5-7-21(15-19)29(20)28(31)33-17-26-24-10-3-1-8-22(24)23-9-2-4-11-25(23)26/h1-4,8-13,16,19-21,26H,5-7,14-15,17H2. The van der Waals surface area contributed by atoms with Crippen molar-refractivity contribution in [1.29, 1.82) is 0 Å². The number of fused-ring (bicyclic) bond motifs is 5. The molecule has 6 rings (SSSR count). The summed E-state index contributed by atoms with van der Waals surface area (Å²) < 4.78 is 11.1. The van der Waals surface area contributed by atoms with Crippen molar-refractivity contribution >= 4 is 11.9 Å². The Morgan fingerprint density at radius 2 is 1.55 bits per heavy atom. The predicted molar refractivity (Wildman–Crippen MR) is 124 cm³/mol. The number of ether oxygens (including phenoxy) is 1. The van der Waals surface area contributed by atoms with E-state index in [9.17, 15) is 9.59 Å². The Labute approximate surface area is 193 Å². The van der Waals surface area contributed by atoms with Gasteiger partial charge in [0.1, 0.15) is 12.9 Å².